The second-order valence-electron chi connectivity index (χ2n) is 7.89. The van der Waals surface area contributed by atoms with E-state index in [-0.39, 0.29) is 17.6 Å². The minimum absolute atomic E-state index is 0.0840. The fraction of sp³-hybridized carbons (Fsp3) is 0.208. The number of pyridine rings is 1. The van der Waals surface area contributed by atoms with Crippen LogP contribution in [-0.2, 0) is 10.3 Å². The number of benzene rings is 2. The van der Waals surface area contributed by atoms with Gasteiger partial charge in [-0.1, -0.05) is 41.9 Å². The molecule has 1 N–H and O–H groups in total. The van der Waals surface area contributed by atoms with Crippen LogP contribution in [0.3, 0.4) is 0 Å². The third-order valence-corrected chi connectivity index (χ3v) is 6.64. The second-order valence-corrected chi connectivity index (χ2v) is 8.32. The van der Waals surface area contributed by atoms with Gasteiger partial charge in [-0.25, -0.2) is 0 Å². The Labute approximate surface area is 179 Å². The number of nitrogens with zero attached hydrogens (tertiary/aromatic N) is 2. The van der Waals surface area contributed by atoms with Gasteiger partial charge in [0.1, 0.15) is 5.54 Å². The Morgan fingerprint density at radius 3 is 2.63 bits per heavy atom. The van der Waals surface area contributed by atoms with Gasteiger partial charge in [0.2, 0.25) is 5.91 Å². The number of likely N-dealkylation sites (N-methyl/N-ethyl adjacent to an activating group) is 1. The average molecular weight is 418 g/mol. The molecule has 2 aliphatic heterocycles. The standard InChI is InChI=1S/C24H20ClN3O2/c1-28-14-18(15-8-10-17(25)11-9-15)21(22(29)16-5-4-12-26-13-16)24(28)19-6-2-3-7-20(19)27-23(24)30/h2-13,18,21H,14H2,1H3,(H,27,30)/t18-,21+,24+/m1/s1. The number of anilines is 1. The molecule has 1 amide bonds. The van der Waals surface area contributed by atoms with E-state index in [1.807, 2.05) is 60.5 Å². The Morgan fingerprint density at radius 1 is 1.13 bits per heavy atom. The summed E-state index contributed by atoms with van der Waals surface area (Å²) in [6.45, 7) is 0.569. The zero-order valence-corrected chi connectivity index (χ0v) is 17.1. The van der Waals surface area contributed by atoms with Gasteiger partial charge in [-0.05, 0) is 42.9 Å². The van der Waals surface area contributed by atoms with Crippen molar-refractivity contribution in [3.05, 3.63) is 94.8 Å². The summed E-state index contributed by atoms with van der Waals surface area (Å²) < 4.78 is 0. The van der Waals surface area contributed by atoms with Crippen LogP contribution < -0.4 is 5.32 Å². The summed E-state index contributed by atoms with van der Waals surface area (Å²) in [6.07, 6.45) is 3.22. The lowest BCUT2D eigenvalue weighted by atomic mass is 9.70. The number of rotatable bonds is 3. The van der Waals surface area contributed by atoms with Gasteiger partial charge < -0.3 is 5.32 Å². The van der Waals surface area contributed by atoms with E-state index in [1.165, 1.54) is 0 Å². The molecule has 0 radical (unpaired) electrons. The van der Waals surface area contributed by atoms with E-state index >= 15 is 0 Å². The van der Waals surface area contributed by atoms with Gasteiger partial charge in [0.25, 0.3) is 0 Å². The summed E-state index contributed by atoms with van der Waals surface area (Å²) in [7, 11) is 1.92. The van der Waals surface area contributed by atoms with E-state index in [1.54, 1.807) is 24.5 Å². The number of fused-ring (bicyclic) bond motifs is 2. The summed E-state index contributed by atoms with van der Waals surface area (Å²) in [4.78, 5) is 33.5. The monoisotopic (exact) mass is 417 g/mol. The van der Waals surface area contributed by atoms with Crippen molar-refractivity contribution in [3.63, 3.8) is 0 Å². The zero-order chi connectivity index (χ0) is 20.9. The van der Waals surface area contributed by atoms with Gasteiger partial charge >= 0.3 is 0 Å². The van der Waals surface area contributed by atoms with Crippen LogP contribution in [0.25, 0.3) is 0 Å². The first-order chi connectivity index (χ1) is 14.5. The third kappa shape index (κ3) is 2.62. The van der Waals surface area contributed by atoms with Crippen LogP contribution in [0, 0.1) is 5.92 Å². The van der Waals surface area contributed by atoms with E-state index in [0.29, 0.717) is 17.1 Å². The number of carbonyl (C=O) groups is 2. The van der Waals surface area contributed by atoms with Crippen molar-refractivity contribution in [3.8, 4) is 0 Å². The van der Waals surface area contributed by atoms with Gasteiger partial charge in [0.05, 0.1) is 5.92 Å². The highest BCUT2D eigenvalue weighted by molar-refractivity contribution is 6.30. The van der Waals surface area contributed by atoms with Gasteiger partial charge in [-0.3, -0.25) is 19.5 Å². The Morgan fingerprint density at radius 2 is 1.90 bits per heavy atom. The Hall–Kier alpha value is -3.02. The van der Waals surface area contributed by atoms with E-state index in [0.717, 1.165) is 16.8 Å². The molecule has 150 valence electrons. The van der Waals surface area contributed by atoms with Crippen molar-refractivity contribution in [2.45, 2.75) is 11.5 Å². The summed E-state index contributed by atoms with van der Waals surface area (Å²) in [6, 6.07) is 18.7. The van der Waals surface area contributed by atoms with Crippen molar-refractivity contribution in [2.75, 3.05) is 18.9 Å². The largest absolute Gasteiger partial charge is 0.324 e. The zero-order valence-electron chi connectivity index (χ0n) is 16.4. The lowest BCUT2D eigenvalue weighted by molar-refractivity contribution is -0.126. The Kier molecular flexibility index (Phi) is 4.45. The minimum Gasteiger partial charge on any atom is -0.324 e. The maximum atomic E-state index is 13.9. The topological polar surface area (TPSA) is 62.3 Å². The second kappa shape index (κ2) is 7.04. The van der Waals surface area contributed by atoms with Gasteiger partial charge in [-0.2, -0.15) is 0 Å². The van der Waals surface area contributed by atoms with Crippen LogP contribution in [-0.4, -0.2) is 35.2 Å². The number of aromatic nitrogens is 1. The van der Waals surface area contributed by atoms with Gasteiger partial charge in [0.15, 0.2) is 5.78 Å². The molecular formula is C24H20ClN3O2. The molecular weight excluding hydrogens is 398 g/mol. The number of nitrogens with one attached hydrogen (secondary N) is 1. The van der Waals surface area contributed by atoms with E-state index in [2.05, 4.69) is 10.3 Å². The molecule has 0 bridgehead atoms. The number of likely N-dealkylation sites (tertiary alicyclic amines) is 1. The molecule has 2 aliphatic rings. The number of ketones is 1. The summed E-state index contributed by atoms with van der Waals surface area (Å²) in [5.74, 6) is -1.02. The molecule has 1 aromatic heterocycles. The van der Waals surface area contributed by atoms with Crippen LogP contribution in [0.15, 0.2) is 73.1 Å². The highest BCUT2D eigenvalue weighted by Gasteiger charge is 2.64. The average Bonchev–Trinajstić information content (AvgIpc) is 3.24. The first-order valence-corrected chi connectivity index (χ1v) is 10.2. The fourth-order valence-corrected chi connectivity index (χ4v) is 5.22. The molecule has 0 saturated carbocycles. The summed E-state index contributed by atoms with van der Waals surface area (Å²) in [5, 5.41) is 3.65. The first-order valence-electron chi connectivity index (χ1n) is 9.85. The quantitative estimate of drug-likeness (QED) is 0.651. The molecule has 3 aromatic rings. The normalized spacial score (nSPS) is 25.3. The molecule has 3 atom stereocenters. The van der Waals surface area contributed by atoms with E-state index in [4.69, 9.17) is 11.6 Å². The molecule has 2 aromatic carbocycles. The third-order valence-electron chi connectivity index (χ3n) is 6.38. The molecule has 5 rings (SSSR count). The molecule has 30 heavy (non-hydrogen) atoms. The van der Waals surface area contributed by atoms with Crippen LogP contribution in [0.2, 0.25) is 5.02 Å². The number of amides is 1. The molecule has 1 fully saturated rings. The number of carbonyl (C=O) groups excluding carboxylic acids is 2. The van der Waals surface area contributed by atoms with Crippen molar-refractivity contribution >= 4 is 29.0 Å². The van der Waals surface area contributed by atoms with E-state index < -0.39 is 11.5 Å². The molecule has 5 nitrogen and oxygen atoms in total. The van der Waals surface area contributed by atoms with E-state index in [9.17, 15) is 9.59 Å². The maximum absolute atomic E-state index is 13.9. The van der Waals surface area contributed by atoms with Crippen molar-refractivity contribution in [1.29, 1.82) is 0 Å². The van der Waals surface area contributed by atoms with Crippen molar-refractivity contribution in [2.24, 2.45) is 5.92 Å². The summed E-state index contributed by atoms with van der Waals surface area (Å²) >= 11 is 6.10. The highest BCUT2D eigenvalue weighted by atomic mass is 35.5. The Bertz CT molecular complexity index is 1130. The Balaban J connectivity index is 1.73. The number of hydrogen-bond acceptors (Lipinski definition) is 4. The smallest absolute Gasteiger partial charge is 0.250 e. The lowest BCUT2D eigenvalue weighted by Gasteiger charge is -2.35. The van der Waals surface area contributed by atoms with Gasteiger partial charge in [-0.15, -0.1) is 0 Å². The van der Waals surface area contributed by atoms with Crippen LogP contribution in [0.5, 0.6) is 0 Å². The fourth-order valence-electron chi connectivity index (χ4n) is 5.09. The van der Waals surface area contributed by atoms with Crippen molar-refractivity contribution in [1.82, 2.24) is 9.88 Å². The van der Waals surface area contributed by atoms with Crippen LogP contribution >= 0.6 is 11.6 Å². The number of para-hydroxylation sites is 1. The molecule has 3 heterocycles. The minimum atomic E-state index is -1.08. The predicted molar refractivity (Wildman–Crippen MR) is 116 cm³/mol. The highest BCUT2D eigenvalue weighted by Crippen LogP contribution is 2.55. The molecule has 1 spiro atoms. The molecule has 1 saturated heterocycles. The van der Waals surface area contributed by atoms with Crippen molar-refractivity contribution < 1.29 is 9.59 Å². The number of Topliss-reactive ketones (excluding diaryl/α,β-unsaturated/α-hetero) is 1. The maximum Gasteiger partial charge on any atom is 0.250 e. The first kappa shape index (κ1) is 19.0. The molecule has 6 heteroatoms. The van der Waals surface area contributed by atoms with Crippen LogP contribution in [0.4, 0.5) is 5.69 Å². The van der Waals surface area contributed by atoms with Gasteiger partial charge in [0, 0.05) is 46.7 Å². The molecule has 0 aliphatic carbocycles. The lowest BCUT2D eigenvalue weighted by Crippen LogP contribution is -2.51. The number of halogens is 1. The predicted octanol–water partition coefficient (Wildman–Crippen LogP) is 4.11. The number of hydrogen-bond donors (Lipinski definition) is 1. The van der Waals surface area contributed by atoms with Crippen LogP contribution in [0.1, 0.15) is 27.4 Å². The molecule has 0 unspecified atom stereocenters. The SMILES string of the molecule is CN1C[C@H](c2ccc(Cl)cc2)[C@@H](C(=O)c2cccnc2)[C@@]12C(=O)Nc1ccccc12. The summed E-state index contributed by atoms with van der Waals surface area (Å²) in [5.41, 5.74) is 2.02.